The minimum Gasteiger partial charge on any atom is -0.485 e. The third-order valence-electron chi connectivity index (χ3n) is 4.98. The highest BCUT2D eigenvalue weighted by Gasteiger charge is 2.22. The maximum Gasteiger partial charge on any atom is 0.188 e. The van der Waals surface area contributed by atoms with Crippen LogP contribution in [-0.4, -0.2) is 33.9 Å². The van der Waals surface area contributed by atoms with Gasteiger partial charge in [-0.25, -0.2) is 9.67 Å². The van der Waals surface area contributed by atoms with E-state index in [4.69, 9.17) is 14.2 Å². The second kappa shape index (κ2) is 9.99. The van der Waals surface area contributed by atoms with Gasteiger partial charge in [0.1, 0.15) is 24.7 Å². The summed E-state index contributed by atoms with van der Waals surface area (Å²) in [7, 11) is 0. The molecule has 1 atom stereocenters. The zero-order valence-corrected chi connectivity index (χ0v) is 17.0. The number of carbonyl (C=O) groups is 2. The Morgan fingerprint density at radius 1 is 0.935 bits per heavy atom. The van der Waals surface area contributed by atoms with E-state index >= 15 is 0 Å². The lowest BCUT2D eigenvalue weighted by Gasteiger charge is -2.23. The van der Waals surface area contributed by atoms with Crippen LogP contribution in [0.25, 0.3) is 0 Å². The highest BCUT2D eigenvalue weighted by molar-refractivity contribution is 5.79. The molecule has 0 bridgehead atoms. The molecule has 0 N–H and O–H groups in total. The van der Waals surface area contributed by atoms with Gasteiger partial charge in [-0.3, -0.25) is 9.59 Å². The predicted molar refractivity (Wildman–Crippen MR) is 111 cm³/mol. The van der Waals surface area contributed by atoms with Crippen LogP contribution in [-0.2, 0) is 18.0 Å². The van der Waals surface area contributed by atoms with Crippen molar-refractivity contribution in [2.75, 3.05) is 6.61 Å². The van der Waals surface area contributed by atoms with Gasteiger partial charge in [0.2, 0.25) is 0 Å². The summed E-state index contributed by atoms with van der Waals surface area (Å²) in [6.45, 7) is 0.891. The maximum atomic E-state index is 11.3. The summed E-state index contributed by atoms with van der Waals surface area (Å²) >= 11 is 0. The molecule has 0 aliphatic carbocycles. The smallest absolute Gasteiger partial charge is 0.188 e. The first-order valence-electron chi connectivity index (χ1n) is 10.2. The highest BCUT2D eigenvalue weighted by atomic mass is 16.5. The summed E-state index contributed by atoms with van der Waals surface area (Å²) < 4.78 is 19.2. The van der Waals surface area contributed by atoms with Gasteiger partial charge in [-0.1, -0.05) is 24.3 Å². The number of benzene rings is 2. The van der Waals surface area contributed by atoms with Gasteiger partial charge in [-0.05, 0) is 43.5 Å². The largest absolute Gasteiger partial charge is 0.485 e. The maximum absolute atomic E-state index is 11.3. The molecule has 3 aromatic rings. The fourth-order valence-corrected chi connectivity index (χ4v) is 3.41. The van der Waals surface area contributed by atoms with E-state index in [9.17, 15) is 9.59 Å². The van der Waals surface area contributed by atoms with Crippen LogP contribution in [0.4, 0.5) is 0 Å². The molecule has 0 amide bonds. The number of para-hydroxylation sites is 2. The number of hydrogen-bond acceptors (Lipinski definition) is 7. The molecule has 1 aliphatic rings. The van der Waals surface area contributed by atoms with Crippen molar-refractivity contribution in [3.05, 3.63) is 71.3 Å². The van der Waals surface area contributed by atoms with Gasteiger partial charge in [0.25, 0.3) is 0 Å². The second-order valence-electron chi connectivity index (χ2n) is 7.10. The molecule has 31 heavy (non-hydrogen) atoms. The van der Waals surface area contributed by atoms with Gasteiger partial charge in [-0.2, -0.15) is 0 Å². The number of aldehydes is 2. The quantitative estimate of drug-likeness (QED) is 0.486. The molecule has 160 valence electrons. The number of aromatic nitrogens is 3. The summed E-state index contributed by atoms with van der Waals surface area (Å²) in [5.74, 6) is 1.99. The summed E-state index contributed by atoms with van der Waals surface area (Å²) in [6, 6.07) is 14.0. The van der Waals surface area contributed by atoms with Crippen LogP contribution in [0.3, 0.4) is 0 Å². The van der Waals surface area contributed by atoms with Crippen LogP contribution in [0, 0.1) is 0 Å². The molecular weight excluding hydrogens is 398 g/mol. The Kier molecular flexibility index (Phi) is 6.68. The second-order valence-corrected chi connectivity index (χ2v) is 7.10. The number of ether oxygens (including phenoxy) is 3. The zero-order valence-electron chi connectivity index (χ0n) is 17.0. The molecule has 1 saturated heterocycles. The average molecular weight is 421 g/mol. The Morgan fingerprint density at radius 2 is 1.58 bits per heavy atom. The standard InChI is InChI=1S/C23H23N3O5/c27-13-17-7-1-3-9-19(17)30-15-21-24-22(26(25-21)23-11-5-6-12-29-23)16-31-20-10-4-2-8-18(20)14-28/h1-4,7-10,13-14,23H,5-6,11-12,15-16H2. The third-order valence-corrected chi connectivity index (χ3v) is 4.98. The van der Waals surface area contributed by atoms with Gasteiger partial charge in [0, 0.05) is 6.61 Å². The molecule has 4 rings (SSSR count). The lowest BCUT2D eigenvalue weighted by molar-refractivity contribution is -0.0429. The average Bonchev–Trinajstić information content (AvgIpc) is 3.25. The summed E-state index contributed by atoms with van der Waals surface area (Å²) in [6.07, 6.45) is 4.17. The van der Waals surface area contributed by atoms with Crippen molar-refractivity contribution in [1.82, 2.24) is 14.8 Å². The molecule has 2 heterocycles. The lowest BCUT2D eigenvalue weighted by atomic mass is 10.2. The van der Waals surface area contributed by atoms with Crippen LogP contribution in [0.5, 0.6) is 11.5 Å². The van der Waals surface area contributed by atoms with Crippen molar-refractivity contribution < 1.29 is 23.8 Å². The van der Waals surface area contributed by atoms with Crippen LogP contribution in [0.1, 0.15) is 57.9 Å². The van der Waals surface area contributed by atoms with Gasteiger partial charge >= 0.3 is 0 Å². The predicted octanol–water partition coefficient (Wildman–Crippen LogP) is 3.76. The van der Waals surface area contributed by atoms with Crippen LogP contribution < -0.4 is 9.47 Å². The molecule has 1 fully saturated rings. The molecule has 0 radical (unpaired) electrons. The van der Waals surface area contributed by atoms with Crippen molar-refractivity contribution >= 4 is 12.6 Å². The molecule has 8 heteroatoms. The molecule has 2 aromatic carbocycles. The summed E-state index contributed by atoms with van der Waals surface area (Å²) in [5.41, 5.74) is 0.933. The topological polar surface area (TPSA) is 92.5 Å². The fraction of sp³-hybridized carbons (Fsp3) is 0.304. The molecule has 0 saturated carbocycles. The Hall–Kier alpha value is -3.52. The van der Waals surface area contributed by atoms with E-state index in [-0.39, 0.29) is 19.4 Å². The summed E-state index contributed by atoms with van der Waals surface area (Å²) in [5, 5.41) is 4.58. The van der Waals surface area contributed by atoms with Crippen LogP contribution in [0.2, 0.25) is 0 Å². The molecular formula is C23H23N3O5. The Balaban J connectivity index is 1.53. The SMILES string of the molecule is O=Cc1ccccc1OCc1nc(COc2ccccc2C=O)n(C2CCCCO2)n1. The number of rotatable bonds is 9. The molecule has 1 unspecified atom stereocenters. The fourth-order valence-electron chi connectivity index (χ4n) is 3.41. The van der Waals surface area contributed by atoms with Crippen molar-refractivity contribution in [3.8, 4) is 11.5 Å². The van der Waals surface area contributed by atoms with Crippen LogP contribution in [0.15, 0.2) is 48.5 Å². The van der Waals surface area contributed by atoms with Crippen molar-refractivity contribution in [2.45, 2.75) is 38.7 Å². The van der Waals surface area contributed by atoms with E-state index in [0.717, 1.165) is 31.8 Å². The minimum atomic E-state index is -0.225. The zero-order chi connectivity index (χ0) is 21.5. The van der Waals surface area contributed by atoms with Gasteiger partial charge in [-0.15, -0.1) is 5.10 Å². The van der Waals surface area contributed by atoms with E-state index in [1.165, 1.54) is 0 Å². The molecule has 0 spiro atoms. The Labute approximate surface area is 179 Å². The third kappa shape index (κ3) is 4.97. The van der Waals surface area contributed by atoms with Crippen molar-refractivity contribution in [2.24, 2.45) is 0 Å². The highest BCUT2D eigenvalue weighted by Crippen LogP contribution is 2.25. The van der Waals surface area contributed by atoms with Crippen molar-refractivity contribution in [3.63, 3.8) is 0 Å². The van der Waals surface area contributed by atoms with Crippen molar-refractivity contribution in [1.29, 1.82) is 0 Å². The molecule has 1 aliphatic heterocycles. The summed E-state index contributed by atoms with van der Waals surface area (Å²) in [4.78, 5) is 27.0. The monoisotopic (exact) mass is 421 g/mol. The van der Waals surface area contributed by atoms with Gasteiger partial charge in [0.15, 0.2) is 30.4 Å². The van der Waals surface area contributed by atoms with E-state index in [1.807, 2.05) is 0 Å². The minimum absolute atomic E-state index is 0.0997. The molecule has 8 nitrogen and oxygen atoms in total. The van der Waals surface area contributed by atoms with E-state index < -0.39 is 0 Å². The first-order chi connectivity index (χ1) is 15.3. The van der Waals surface area contributed by atoms with E-state index in [1.54, 1.807) is 53.2 Å². The number of carbonyl (C=O) groups excluding carboxylic acids is 2. The van der Waals surface area contributed by atoms with Crippen LogP contribution >= 0.6 is 0 Å². The number of hydrogen-bond donors (Lipinski definition) is 0. The molecule has 1 aromatic heterocycles. The normalized spacial score (nSPS) is 15.9. The Bertz CT molecular complexity index is 1040. The number of nitrogens with zero attached hydrogens (tertiary/aromatic N) is 3. The first-order valence-corrected chi connectivity index (χ1v) is 10.2. The Morgan fingerprint density at radius 3 is 2.19 bits per heavy atom. The van der Waals surface area contributed by atoms with E-state index in [2.05, 4.69) is 10.1 Å². The van der Waals surface area contributed by atoms with E-state index in [0.29, 0.717) is 40.9 Å². The first kappa shape index (κ1) is 20.7. The lowest BCUT2D eigenvalue weighted by Crippen LogP contribution is -2.22. The van der Waals surface area contributed by atoms with Gasteiger partial charge < -0.3 is 14.2 Å². The van der Waals surface area contributed by atoms with Gasteiger partial charge in [0.05, 0.1) is 11.1 Å².